The van der Waals surface area contributed by atoms with E-state index in [0.29, 0.717) is 24.4 Å². The van der Waals surface area contributed by atoms with Gasteiger partial charge in [0.1, 0.15) is 6.20 Å². The summed E-state index contributed by atoms with van der Waals surface area (Å²) in [4.78, 5) is 24.8. The number of nitro groups is 1. The van der Waals surface area contributed by atoms with E-state index in [1.807, 2.05) is 30.9 Å². The molecule has 1 aliphatic rings. The molecule has 0 unspecified atom stereocenters. The van der Waals surface area contributed by atoms with Gasteiger partial charge < -0.3 is 15.4 Å². The summed E-state index contributed by atoms with van der Waals surface area (Å²) in [6.45, 7) is 4.44. The largest absolute Gasteiger partial charge is 0.475 e. The minimum atomic E-state index is -0.584. The molecule has 0 atom stereocenters. The summed E-state index contributed by atoms with van der Waals surface area (Å²) < 4.78 is 5.62. The van der Waals surface area contributed by atoms with E-state index < -0.39 is 4.92 Å². The Hall–Kier alpha value is -2.97. The van der Waals surface area contributed by atoms with Gasteiger partial charge in [0.05, 0.1) is 11.0 Å². The fourth-order valence-corrected chi connectivity index (χ4v) is 2.46. The zero-order valence-electron chi connectivity index (χ0n) is 14.1. The quantitative estimate of drug-likeness (QED) is 0.600. The summed E-state index contributed by atoms with van der Waals surface area (Å²) in [5.41, 5.74) is 6.42. The Morgan fingerprint density at radius 2 is 2.20 bits per heavy atom. The highest BCUT2D eigenvalue weighted by atomic mass is 16.6. The van der Waals surface area contributed by atoms with Crippen molar-refractivity contribution >= 4 is 17.5 Å². The lowest BCUT2D eigenvalue weighted by molar-refractivity contribution is -0.384. The number of ether oxygens (including phenoxy) is 1. The van der Waals surface area contributed by atoms with Gasteiger partial charge in [-0.2, -0.15) is 4.98 Å². The molecule has 9 nitrogen and oxygen atoms in total. The molecule has 1 fully saturated rings. The molecule has 9 heteroatoms. The van der Waals surface area contributed by atoms with E-state index in [0.717, 1.165) is 24.6 Å². The lowest BCUT2D eigenvalue weighted by atomic mass is 10.2. The summed E-state index contributed by atoms with van der Waals surface area (Å²) in [6.07, 6.45) is 4.96. The van der Waals surface area contributed by atoms with Gasteiger partial charge in [-0.15, -0.1) is 0 Å². The normalized spacial score (nSPS) is 13.7. The fraction of sp³-hybridized carbons (Fsp3) is 0.438. The summed E-state index contributed by atoms with van der Waals surface area (Å²) in [5, 5.41) is 10.9. The first-order chi connectivity index (χ1) is 11.9. The molecule has 1 saturated carbocycles. The molecule has 2 N–H and O–H groups in total. The van der Waals surface area contributed by atoms with Gasteiger partial charge in [-0.3, -0.25) is 10.1 Å². The van der Waals surface area contributed by atoms with Crippen molar-refractivity contribution in [2.45, 2.75) is 45.4 Å². The monoisotopic (exact) mass is 344 g/mol. The van der Waals surface area contributed by atoms with Crippen LogP contribution in [0, 0.1) is 10.1 Å². The molecule has 0 bridgehead atoms. The van der Waals surface area contributed by atoms with Crippen molar-refractivity contribution in [2.75, 3.05) is 10.6 Å². The van der Waals surface area contributed by atoms with Crippen LogP contribution in [0.4, 0.5) is 17.5 Å². The summed E-state index contributed by atoms with van der Waals surface area (Å²) in [5.74, 6) is 0.834. The van der Waals surface area contributed by atoms with Crippen LogP contribution in [0.1, 0.15) is 32.3 Å². The number of anilines is 2. The SMILES string of the molecule is CC(C)Oc1cc(CN(c2ncc([N+](=O)[O-])c(N)n2)C2CC2)ccn1. The van der Waals surface area contributed by atoms with Gasteiger partial charge in [0.15, 0.2) is 0 Å². The topological polar surface area (TPSA) is 120 Å². The highest BCUT2D eigenvalue weighted by Gasteiger charge is 2.32. The minimum absolute atomic E-state index is 0.0417. The third kappa shape index (κ3) is 4.11. The average molecular weight is 344 g/mol. The van der Waals surface area contributed by atoms with E-state index >= 15 is 0 Å². The lowest BCUT2D eigenvalue weighted by Crippen LogP contribution is -2.27. The molecule has 0 spiro atoms. The van der Waals surface area contributed by atoms with Gasteiger partial charge in [0, 0.05) is 24.8 Å². The molecule has 0 amide bonds. The molecule has 3 rings (SSSR count). The second-order valence-corrected chi connectivity index (χ2v) is 6.23. The van der Waals surface area contributed by atoms with Crippen LogP contribution in [0.15, 0.2) is 24.5 Å². The first-order valence-electron chi connectivity index (χ1n) is 8.09. The van der Waals surface area contributed by atoms with E-state index in [9.17, 15) is 10.1 Å². The predicted octanol–water partition coefficient (Wildman–Crippen LogP) is 2.32. The molecule has 25 heavy (non-hydrogen) atoms. The van der Waals surface area contributed by atoms with Gasteiger partial charge in [0.25, 0.3) is 0 Å². The molecule has 2 aromatic rings. The summed E-state index contributed by atoms with van der Waals surface area (Å²) in [6, 6.07) is 4.09. The number of nitrogens with zero attached hydrogens (tertiary/aromatic N) is 5. The van der Waals surface area contributed by atoms with E-state index in [4.69, 9.17) is 10.5 Å². The van der Waals surface area contributed by atoms with Crippen LogP contribution in [0.3, 0.4) is 0 Å². The number of pyridine rings is 1. The van der Waals surface area contributed by atoms with Crippen molar-refractivity contribution in [1.82, 2.24) is 15.0 Å². The molecule has 0 aliphatic heterocycles. The number of aromatic nitrogens is 3. The number of nitrogens with two attached hydrogens (primary N) is 1. The second kappa shape index (κ2) is 6.88. The molecular weight excluding hydrogens is 324 g/mol. The van der Waals surface area contributed by atoms with Crippen molar-refractivity contribution in [3.8, 4) is 5.88 Å². The Kier molecular flexibility index (Phi) is 4.64. The van der Waals surface area contributed by atoms with E-state index in [1.165, 1.54) is 0 Å². The van der Waals surface area contributed by atoms with Crippen molar-refractivity contribution in [3.05, 3.63) is 40.2 Å². The first kappa shape index (κ1) is 16.9. The Bertz CT molecular complexity index is 778. The number of rotatable bonds is 7. The first-order valence-corrected chi connectivity index (χ1v) is 8.09. The summed E-state index contributed by atoms with van der Waals surface area (Å²) in [7, 11) is 0. The predicted molar refractivity (Wildman–Crippen MR) is 92.3 cm³/mol. The molecule has 0 aromatic carbocycles. The van der Waals surface area contributed by atoms with Crippen LogP contribution in [0.5, 0.6) is 5.88 Å². The minimum Gasteiger partial charge on any atom is -0.475 e. The van der Waals surface area contributed by atoms with Crippen molar-refractivity contribution < 1.29 is 9.66 Å². The highest BCUT2D eigenvalue weighted by molar-refractivity contribution is 5.54. The second-order valence-electron chi connectivity index (χ2n) is 6.23. The maximum atomic E-state index is 10.9. The summed E-state index contributed by atoms with van der Waals surface area (Å²) >= 11 is 0. The number of hydrogen-bond donors (Lipinski definition) is 1. The average Bonchev–Trinajstić information content (AvgIpc) is 3.36. The zero-order chi connectivity index (χ0) is 18.0. The standard InChI is InChI=1S/C16H20N6O3/c1-10(2)25-14-7-11(5-6-18-14)9-21(12-3-4-12)16-19-8-13(22(23)24)15(17)20-16/h5-8,10,12H,3-4,9H2,1-2H3,(H2,17,19,20). The van der Waals surface area contributed by atoms with Crippen LogP contribution in [0.25, 0.3) is 0 Å². The van der Waals surface area contributed by atoms with Crippen LogP contribution in [-0.2, 0) is 6.54 Å². The van der Waals surface area contributed by atoms with Crippen molar-refractivity contribution in [2.24, 2.45) is 0 Å². The van der Waals surface area contributed by atoms with Gasteiger partial charge in [-0.05, 0) is 38.3 Å². The number of hydrogen-bond acceptors (Lipinski definition) is 8. The Morgan fingerprint density at radius 3 is 2.80 bits per heavy atom. The van der Waals surface area contributed by atoms with Crippen LogP contribution >= 0.6 is 0 Å². The van der Waals surface area contributed by atoms with Gasteiger partial charge in [-0.25, -0.2) is 9.97 Å². The molecule has 1 aliphatic carbocycles. The number of nitrogen functional groups attached to an aromatic ring is 1. The van der Waals surface area contributed by atoms with Crippen LogP contribution < -0.4 is 15.4 Å². The Balaban J connectivity index is 1.83. The maximum absolute atomic E-state index is 10.9. The van der Waals surface area contributed by atoms with E-state index in [1.54, 1.807) is 6.20 Å². The van der Waals surface area contributed by atoms with Gasteiger partial charge in [-0.1, -0.05) is 0 Å². The molecule has 2 aromatic heterocycles. The highest BCUT2D eigenvalue weighted by Crippen LogP contribution is 2.32. The van der Waals surface area contributed by atoms with E-state index in [-0.39, 0.29) is 17.6 Å². The third-order valence-electron chi connectivity index (χ3n) is 3.74. The molecule has 0 saturated heterocycles. The third-order valence-corrected chi connectivity index (χ3v) is 3.74. The Morgan fingerprint density at radius 1 is 1.44 bits per heavy atom. The Labute approximate surface area is 145 Å². The lowest BCUT2D eigenvalue weighted by Gasteiger charge is -2.22. The van der Waals surface area contributed by atoms with Crippen LogP contribution in [0.2, 0.25) is 0 Å². The molecule has 132 valence electrons. The molecular formula is C16H20N6O3. The van der Waals surface area contributed by atoms with Crippen molar-refractivity contribution in [3.63, 3.8) is 0 Å². The molecule has 2 heterocycles. The fourth-order valence-electron chi connectivity index (χ4n) is 2.46. The van der Waals surface area contributed by atoms with Crippen molar-refractivity contribution in [1.29, 1.82) is 0 Å². The maximum Gasteiger partial charge on any atom is 0.329 e. The zero-order valence-corrected chi connectivity index (χ0v) is 14.1. The smallest absolute Gasteiger partial charge is 0.329 e. The molecule has 0 radical (unpaired) electrons. The van der Waals surface area contributed by atoms with Gasteiger partial charge >= 0.3 is 5.69 Å². The van der Waals surface area contributed by atoms with Gasteiger partial charge in [0.2, 0.25) is 17.6 Å². The van der Waals surface area contributed by atoms with Crippen LogP contribution in [-0.4, -0.2) is 32.0 Å². The van der Waals surface area contributed by atoms with E-state index in [2.05, 4.69) is 15.0 Å².